The summed E-state index contributed by atoms with van der Waals surface area (Å²) in [5.74, 6) is 1.88. The van der Waals surface area contributed by atoms with E-state index in [0.29, 0.717) is 11.7 Å². The molecule has 7 heteroatoms. The number of carbonyl (C=O) groups excluding carboxylic acids is 1. The molecule has 0 radical (unpaired) electrons. The van der Waals surface area contributed by atoms with Crippen LogP contribution in [-0.2, 0) is 11.3 Å². The number of thioether (sulfide) groups is 1. The lowest BCUT2D eigenvalue weighted by Gasteiger charge is -2.17. The van der Waals surface area contributed by atoms with E-state index >= 15 is 0 Å². The molecule has 1 N–H and O–H groups in total. The molecule has 0 saturated heterocycles. The second-order valence-electron chi connectivity index (χ2n) is 4.38. The molecule has 0 bridgehead atoms. The summed E-state index contributed by atoms with van der Waals surface area (Å²) >= 11 is 1.73. The van der Waals surface area contributed by atoms with Gasteiger partial charge in [-0.15, -0.1) is 0 Å². The van der Waals surface area contributed by atoms with Gasteiger partial charge in [0.25, 0.3) is 0 Å². The maximum Gasteiger partial charge on any atom is 0.246 e. The molecule has 2 heterocycles. The molecule has 108 valence electrons. The second kappa shape index (κ2) is 7.14. The highest BCUT2D eigenvalue weighted by Crippen LogP contribution is 2.15. The predicted molar refractivity (Wildman–Crippen MR) is 77.3 cm³/mol. The first-order valence-electron chi connectivity index (χ1n) is 6.39. The van der Waals surface area contributed by atoms with E-state index in [1.165, 1.54) is 0 Å². The van der Waals surface area contributed by atoms with Gasteiger partial charge < -0.3 is 14.4 Å². The number of aryl methyl sites for hydroxylation is 1. The quantitative estimate of drug-likeness (QED) is 0.843. The van der Waals surface area contributed by atoms with Crippen LogP contribution in [0, 0.1) is 6.92 Å². The molecule has 0 aliphatic carbocycles. The van der Waals surface area contributed by atoms with Crippen LogP contribution in [0.3, 0.4) is 0 Å². The van der Waals surface area contributed by atoms with Gasteiger partial charge in [-0.1, -0.05) is 5.16 Å². The van der Waals surface area contributed by atoms with Crippen molar-refractivity contribution in [3.8, 4) is 0 Å². The van der Waals surface area contributed by atoms with Crippen molar-refractivity contribution >= 4 is 17.7 Å². The fourth-order valence-electron chi connectivity index (χ4n) is 1.89. The van der Waals surface area contributed by atoms with Crippen molar-refractivity contribution in [2.24, 2.45) is 0 Å². The van der Waals surface area contributed by atoms with Gasteiger partial charge >= 0.3 is 0 Å². The Morgan fingerprint density at radius 3 is 2.85 bits per heavy atom. The van der Waals surface area contributed by atoms with Crippen LogP contribution in [0.5, 0.6) is 0 Å². The Morgan fingerprint density at radius 1 is 1.50 bits per heavy atom. The molecular formula is C13H18N4O2S. The Morgan fingerprint density at radius 2 is 2.25 bits per heavy atom. The number of rotatable bonds is 7. The summed E-state index contributed by atoms with van der Waals surface area (Å²) in [6.07, 6.45) is 6.62. The first-order chi connectivity index (χ1) is 9.70. The largest absolute Gasteiger partial charge is 0.345 e. The van der Waals surface area contributed by atoms with E-state index in [2.05, 4.69) is 15.5 Å². The van der Waals surface area contributed by atoms with Crippen molar-refractivity contribution in [2.75, 3.05) is 12.0 Å². The molecule has 2 aromatic rings. The molecule has 0 aromatic carbocycles. The van der Waals surface area contributed by atoms with Gasteiger partial charge in [0, 0.05) is 12.4 Å². The maximum atomic E-state index is 12.3. The van der Waals surface area contributed by atoms with Gasteiger partial charge in [-0.25, -0.2) is 0 Å². The fraction of sp³-hybridized carbons (Fsp3) is 0.462. The molecule has 2 aromatic heterocycles. The highest BCUT2D eigenvalue weighted by Gasteiger charge is 2.19. The van der Waals surface area contributed by atoms with E-state index in [1.807, 2.05) is 35.3 Å². The van der Waals surface area contributed by atoms with Crippen molar-refractivity contribution in [1.29, 1.82) is 0 Å². The Balaban J connectivity index is 1.95. The van der Waals surface area contributed by atoms with Crippen molar-refractivity contribution < 1.29 is 9.32 Å². The van der Waals surface area contributed by atoms with Gasteiger partial charge in [-0.3, -0.25) is 4.79 Å². The lowest BCUT2D eigenvalue weighted by molar-refractivity contribution is -0.124. The van der Waals surface area contributed by atoms with Gasteiger partial charge in [-0.05, 0) is 37.5 Å². The van der Waals surface area contributed by atoms with Crippen molar-refractivity contribution in [3.63, 3.8) is 0 Å². The summed E-state index contributed by atoms with van der Waals surface area (Å²) in [6.45, 7) is 2.01. The van der Waals surface area contributed by atoms with Crippen LogP contribution in [0.2, 0.25) is 0 Å². The maximum absolute atomic E-state index is 12.3. The number of carbonyl (C=O) groups is 1. The smallest absolute Gasteiger partial charge is 0.246 e. The van der Waals surface area contributed by atoms with Gasteiger partial charge in [0.05, 0.1) is 6.54 Å². The van der Waals surface area contributed by atoms with Crippen LogP contribution in [-0.4, -0.2) is 32.6 Å². The number of nitrogens with one attached hydrogen (secondary N) is 1. The molecule has 0 saturated carbocycles. The molecular weight excluding hydrogens is 276 g/mol. The molecule has 1 amide bonds. The van der Waals surface area contributed by atoms with E-state index in [-0.39, 0.29) is 18.5 Å². The molecule has 2 rings (SSSR count). The summed E-state index contributed by atoms with van der Waals surface area (Å²) in [7, 11) is 0. The lowest BCUT2D eigenvalue weighted by atomic mass is 10.2. The van der Waals surface area contributed by atoms with E-state index in [4.69, 9.17) is 4.52 Å². The second-order valence-corrected chi connectivity index (χ2v) is 5.37. The highest BCUT2D eigenvalue weighted by molar-refractivity contribution is 7.98. The van der Waals surface area contributed by atoms with Crippen LogP contribution < -0.4 is 5.32 Å². The Bertz CT molecular complexity index is 538. The molecule has 0 fully saturated rings. The summed E-state index contributed by atoms with van der Waals surface area (Å²) in [5, 5.41) is 6.54. The summed E-state index contributed by atoms with van der Waals surface area (Å²) in [5.41, 5.74) is 0. The SMILES string of the molecule is CSCC[C@H](C(=O)NCc1nc(C)no1)n1cccc1. The van der Waals surface area contributed by atoms with Crippen molar-refractivity contribution in [3.05, 3.63) is 36.2 Å². The number of aromatic nitrogens is 3. The third-order valence-electron chi connectivity index (χ3n) is 2.87. The lowest BCUT2D eigenvalue weighted by Crippen LogP contribution is -2.32. The van der Waals surface area contributed by atoms with Crippen molar-refractivity contribution in [2.45, 2.75) is 25.9 Å². The minimum absolute atomic E-state index is 0.0360. The number of amides is 1. The normalized spacial score (nSPS) is 12.3. The fourth-order valence-corrected chi connectivity index (χ4v) is 2.35. The number of hydrogen-bond acceptors (Lipinski definition) is 5. The molecule has 0 unspecified atom stereocenters. The van der Waals surface area contributed by atoms with Crippen molar-refractivity contribution in [1.82, 2.24) is 20.0 Å². The van der Waals surface area contributed by atoms with Crippen LogP contribution in [0.25, 0.3) is 0 Å². The first kappa shape index (κ1) is 14.6. The van der Waals surface area contributed by atoms with E-state index in [0.717, 1.165) is 12.2 Å². The van der Waals surface area contributed by atoms with Crippen LogP contribution in [0.4, 0.5) is 0 Å². The van der Waals surface area contributed by atoms with Crippen LogP contribution in [0.15, 0.2) is 29.0 Å². The molecule has 1 atom stereocenters. The minimum Gasteiger partial charge on any atom is -0.345 e. The third-order valence-corrected chi connectivity index (χ3v) is 3.51. The first-order valence-corrected chi connectivity index (χ1v) is 7.78. The summed E-state index contributed by atoms with van der Waals surface area (Å²) < 4.78 is 6.90. The predicted octanol–water partition coefficient (Wildman–Crippen LogP) is 1.79. The zero-order chi connectivity index (χ0) is 14.4. The van der Waals surface area contributed by atoms with E-state index in [1.54, 1.807) is 18.7 Å². The minimum atomic E-state index is -0.207. The molecule has 20 heavy (non-hydrogen) atoms. The zero-order valence-corrected chi connectivity index (χ0v) is 12.4. The van der Waals surface area contributed by atoms with Gasteiger partial charge in [-0.2, -0.15) is 16.7 Å². The van der Waals surface area contributed by atoms with E-state index < -0.39 is 0 Å². The highest BCUT2D eigenvalue weighted by atomic mass is 32.2. The topological polar surface area (TPSA) is 73.0 Å². The van der Waals surface area contributed by atoms with Gasteiger partial charge in [0.15, 0.2) is 5.82 Å². The average molecular weight is 294 g/mol. The van der Waals surface area contributed by atoms with Crippen LogP contribution >= 0.6 is 11.8 Å². The van der Waals surface area contributed by atoms with Gasteiger partial charge in [0.2, 0.25) is 11.8 Å². The molecule has 0 aliphatic rings. The Hall–Kier alpha value is -1.76. The zero-order valence-electron chi connectivity index (χ0n) is 11.6. The average Bonchev–Trinajstić information content (AvgIpc) is 3.08. The Kier molecular flexibility index (Phi) is 5.23. The van der Waals surface area contributed by atoms with Gasteiger partial charge in [0.1, 0.15) is 6.04 Å². The molecule has 0 spiro atoms. The van der Waals surface area contributed by atoms with Crippen LogP contribution in [0.1, 0.15) is 24.2 Å². The molecule has 6 nitrogen and oxygen atoms in total. The standard InChI is InChI=1S/C13H18N4O2S/c1-10-15-12(19-16-10)9-14-13(18)11(5-8-20-2)17-6-3-4-7-17/h3-4,6-7,11H,5,8-9H2,1-2H3,(H,14,18)/t11-/m1/s1. The van der Waals surface area contributed by atoms with E-state index in [9.17, 15) is 4.79 Å². The monoisotopic (exact) mass is 294 g/mol. The molecule has 0 aliphatic heterocycles. The number of nitrogens with zero attached hydrogens (tertiary/aromatic N) is 3. The summed E-state index contributed by atoms with van der Waals surface area (Å²) in [6, 6.07) is 3.63. The third kappa shape index (κ3) is 3.86. The Labute approximate surface area is 121 Å². The number of hydrogen-bond donors (Lipinski definition) is 1. The summed E-state index contributed by atoms with van der Waals surface area (Å²) in [4.78, 5) is 16.4.